The summed E-state index contributed by atoms with van der Waals surface area (Å²) in [6, 6.07) is 63.9. The molecule has 0 spiro atoms. The lowest BCUT2D eigenvalue weighted by atomic mass is 9.99. The molecule has 0 N–H and O–H groups in total. The van der Waals surface area contributed by atoms with E-state index in [2.05, 4.69) is 181 Å². The van der Waals surface area contributed by atoms with Gasteiger partial charge in [0.25, 0.3) is 0 Å². The monoisotopic (exact) mass is 603 g/mol. The van der Waals surface area contributed by atoms with Gasteiger partial charge in [0.05, 0.1) is 10.4 Å². The molecule has 0 atom stereocenters. The van der Waals surface area contributed by atoms with Gasteiger partial charge in [0, 0.05) is 26.8 Å². The van der Waals surface area contributed by atoms with Crippen LogP contribution in [-0.4, -0.2) is 0 Å². The zero-order valence-corrected chi connectivity index (χ0v) is 25.9. The molecule has 9 rings (SSSR count). The van der Waals surface area contributed by atoms with Gasteiger partial charge in [-0.15, -0.1) is 11.3 Å². The third-order valence-electron chi connectivity index (χ3n) is 9.01. The summed E-state index contributed by atoms with van der Waals surface area (Å²) < 4.78 is 2.60. The second-order valence-electron chi connectivity index (χ2n) is 11.8. The SMILES string of the molecule is c1ccc(-c2cccc(N(c3ccc(-c4ccc5ccccc5c4)cc3)c3cc4ccccc4c4c3sc3ccccc34)c2)cc1. The zero-order chi connectivity index (χ0) is 30.5. The Hall–Kier alpha value is -5.70. The Morgan fingerprint density at radius 2 is 1.00 bits per heavy atom. The normalized spacial score (nSPS) is 11.5. The van der Waals surface area contributed by atoms with E-state index in [1.807, 2.05) is 11.3 Å². The molecule has 2 heteroatoms. The number of thiophene rings is 1. The lowest BCUT2D eigenvalue weighted by Crippen LogP contribution is -2.10. The van der Waals surface area contributed by atoms with Gasteiger partial charge in [0.15, 0.2) is 0 Å². The van der Waals surface area contributed by atoms with Gasteiger partial charge in [0.1, 0.15) is 0 Å². The lowest BCUT2D eigenvalue weighted by molar-refractivity contribution is 1.30. The number of hydrogen-bond acceptors (Lipinski definition) is 2. The standard InChI is InChI=1S/C44H29NS/c1-2-11-30(12-3-1)34-16-10-17-38(28-34)45(37-25-23-32(24-26-37)35-22-21-31-13-4-5-14-33(31)27-35)41-29-36-15-6-7-18-39(36)43-40-19-8-9-20-42(40)46-44(41)43/h1-29H. The second-order valence-corrected chi connectivity index (χ2v) is 12.8. The van der Waals surface area contributed by atoms with Gasteiger partial charge in [-0.05, 0) is 86.3 Å². The topological polar surface area (TPSA) is 3.24 Å². The minimum absolute atomic E-state index is 1.13. The lowest BCUT2D eigenvalue weighted by Gasteiger charge is -2.27. The average molecular weight is 604 g/mol. The first-order valence-corrected chi connectivity index (χ1v) is 16.5. The van der Waals surface area contributed by atoms with Crippen molar-refractivity contribution in [1.29, 1.82) is 0 Å². The van der Waals surface area contributed by atoms with E-state index in [0.29, 0.717) is 0 Å². The van der Waals surface area contributed by atoms with Gasteiger partial charge in [-0.2, -0.15) is 0 Å². The van der Waals surface area contributed by atoms with Gasteiger partial charge in [-0.3, -0.25) is 0 Å². The number of hydrogen-bond donors (Lipinski definition) is 0. The Morgan fingerprint density at radius 3 is 1.85 bits per heavy atom. The fourth-order valence-electron chi connectivity index (χ4n) is 6.78. The van der Waals surface area contributed by atoms with Crippen molar-refractivity contribution in [3.63, 3.8) is 0 Å². The third kappa shape index (κ3) is 4.54. The van der Waals surface area contributed by atoms with Gasteiger partial charge in [0.2, 0.25) is 0 Å². The molecule has 1 nitrogen and oxygen atoms in total. The van der Waals surface area contributed by atoms with E-state index in [-0.39, 0.29) is 0 Å². The summed E-state index contributed by atoms with van der Waals surface area (Å²) in [6.07, 6.45) is 0. The fourth-order valence-corrected chi connectivity index (χ4v) is 8.00. The van der Waals surface area contributed by atoms with Crippen LogP contribution in [0.2, 0.25) is 0 Å². The van der Waals surface area contributed by atoms with Gasteiger partial charge >= 0.3 is 0 Å². The molecule has 0 fully saturated rings. The predicted molar refractivity (Wildman–Crippen MR) is 200 cm³/mol. The number of fused-ring (bicyclic) bond motifs is 6. The number of benzene rings is 8. The molecule has 8 aromatic carbocycles. The highest BCUT2D eigenvalue weighted by Gasteiger charge is 2.21. The molecular formula is C44H29NS. The van der Waals surface area contributed by atoms with E-state index in [4.69, 9.17) is 0 Å². The van der Waals surface area contributed by atoms with Crippen molar-refractivity contribution in [1.82, 2.24) is 0 Å². The van der Waals surface area contributed by atoms with Crippen molar-refractivity contribution in [3.8, 4) is 22.3 Å². The third-order valence-corrected chi connectivity index (χ3v) is 10.2. The molecule has 0 saturated carbocycles. The summed E-state index contributed by atoms with van der Waals surface area (Å²) in [5.41, 5.74) is 8.29. The van der Waals surface area contributed by atoms with Crippen LogP contribution >= 0.6 is 11.3 Å². The molecule has 0 aliphatic heterocycles. The molecule has 0 aliphatic rings. The minimum Gasteiger partial charge on any atom is -0.309 e. The van der Waals surface area contributed by atoms with Crippen LogP contribution in [0.5, 0.6) is 0 Å². The maximum absolute atomic E-state index is 2.45. The molecular weight excluding hydrogens is 575 g/mol. The number of rotatable bonds is 5. The van der Waals surface area contributed by atoms with Crippen molar-refractivity contribution in [2.75, 3.05) is 4.90 Å². The highest BCUT2D eigenvalue weighted by Crippen LogP contribution is 2.48. The first-order valence-electron chi connectivity index (χ1n) is 15.7. The Bertz CT molecular complexity index is 2530. The predicted octanol–water partition coefficient (Wildman–Crippen LogP) is 13.2. The van der Waals surface area contributed by atoms with E-state index in [9.17, 15) is 0 Å². The molecule has 0 saturated heterocycles. The molecule has 1 heterocycles. The molecule has 0 bridgehead atoms. The smallest absolute Gasteiger partial charge is 0.0646 e. The van der Waals surface area contributed by atoms with Crippen molar-refractivity contribution in [3.05, 3.63) is 176 Å². The number of anilines is 3. The molecule has 0 amide bonds. The van der Waals surface area contributed by atoms with Crippen LogP contribution in [0.15, 0.2) is 176 Å². The van der Waals surface area contributed by atoms with Crippen LogP contribution < -0.4 is 4.90 Å². The minimum atomic E-state index is 1.13. The van der Waals surface area contributed by atoms with Gasteiger partial charge < -0.3 is 4.90 Å². The van der Waals surface area contributed by atoms with E-state index in [1.165, 1.54) is 69.7 Å². The summed E-state index contributed by atoms with van der Waals surface area (Å²) in [6.45, 7) is 0. The van der Waals surface area contributed by atoms with Crippen LogP contribution in [0.1, 0.15) is 0 Å². The first-order chi connectivity index (χ1) is 22.8. The van der Waals surface area contributed by atoms with Crippen molar-refractivity contribution in [2.45, 2.75) is 0 Å². The van der Waals surface area contributed by atoms with Crippen LogP contribution in [0.4, 0.5) is 17.1 Å². The summed E-state index contributed by atoms with van der Waals surface area (Å²) in [5, 5.41) is 7.69. The summed E-state index contributed by atoms with van der Waals surface area (Å²) >= 11 is 1.88. The van der Waals surface area contributed by atoms with E-state index >= 15 is 0 Å². The molecule has 9 aromatic rings. The van der Waals surface area contributed by atoms with Crippen molar-refractivity contribution in [2.24, 2.45) is 0 Å². The first kappa shape index (κ1) is 26.7. The van der Waals surface area contributed by atoms with E-state index < -0.39 is 0 Å². The quantitative estimate of drug-likeness (QED) is 0.189. The van der Waals surface area contributed by atoms with Crippen LogP contribution in [0.25, 0.3) is 64.0 Å². The van der Waals surface area contributed by atoms with E-state index in [1.54, 1.807) is 0 Å². The molecule has 0 aliphatic carbocycles. The Kier molecular flexibility index (Phi) is 6.40. The molecule has 1 aromatic heterocycles. The van der Waals surface area contributed by atoms with Crippen LogP contribution in [0.3, 0.4) is 0 Å². The average Bonchev–Trinajstić information content (AvgIpc) is 3.53. The summed E-state index contributed by atoms with van der Waals surface area (Å²) in [5.74, 6) is 0. The molecule has 0 unspecified atom stereocenters. The maximum atomic E-state index is 2.45. The van der Waals surface area contributed by atoms with Gasteiger partial charge in [-0.1, -0.05) is 133 Å². The maximum Gasteiger partial charge on any atom is 0.0646 e. The zero-order valence-electron chi connectivity index (χ0n) is 25.1. The fraction of sp³-hybridized carbons (Fsp3) is 0. The van der Waals surface area contributed by atoms with Crippen LogP contribution in [0, 0.1) is 0 Å². The molecule has 0 radical (unpaired) electrons. The van der Waals surface area contributed by atoms with E-state index in [0.717, 1.165) is 11.4 Å². The second kappa shape index (κ2) is 11.0. The highest BCUT2D eigenvalue weighted by atomic mass is 32.1. The van der Waals surface area contributed by atoms with Gasteiger partial charge in [-0.25, -0.2) is 0 Å². The summed E-state index contributed by atoms with van der Waals surface area (Å²) in [7, 11) is 0. The number of nitrogens with zero attached hydrogens (tertiary/aromatic N) is 1. The highest BCUT2D eigenvalue weighted by molar-refractivity contribution is 7.26. The van der Waals surface area contributed by atoms with Crippen LogP contribution in [-0.2, 0) is 0 Å². The Labute approximate surface area is 272 Å². The summed E-state index contributed by atoms with van der Waals surface area (Å²) in [4.78, 5) is 2.45. The largest absolute Gasteiger partial charge is 0.309 e. The molecule has 46 heavy (non-hydrogen) atoms. The molecule has 216 valence electrons. The Morgan fingerprint density at radius 1 is 0.370 bits per heavy atom. The Balaban J connectivity index is 1.27. The van der Waals surface area contributed by atoms with Crippen molar-refractivity contribution >= 4 is 70.1 Å². The van der Waals surface area contributed by atoms with Crippen molar-refractivity contribution < 1.29 is 0 Å².